The van der Waals surface area contributed by atoms with Crippen molar-refractivity contribution in [3.63, 3.8) is 0 Å². The molecule has 0 aliphatic heterocycles. The molecule has 142 valence electrons. The number of likely N-dealkylation sites (N-methyl/N-ethyl adjacent to an activating group) is 1. The Morgan fingerprint density at radius 2 is 1.67 bits per heavy atom. The first-order chi connectivity index (χ1) is 12.7. The molecule has 0 fully saturated rings. The van der Waals surface area contributed by atoms with Crippen molar-refractivity contribution in [1.29, 1.82) is 0 Å². The molecule has 0 saturated carbocycles. The van der Waals surface area contributed by atoms with E-state index < -0.39 is 11.9 Å². The highest BCUT2D eigenvalue weighted by molar-refractivity contribution is 5.99. The highest BCUT2D eigenvalue weighted by atomic mass is 16.5. The third kappa shape index (κ3) is 4.91. The van der Waals surface area contributed by atoms with Gasteiger partial charge in [0.2, 0.25) is 5.91 Å². The molecule has 0 bridgehead atoms. The lowest BCUT2D eigenvalue weighted by atomic mass is 10.1. The van der Waals surface area contributed by atoms with Crippen molar-refractivity contribution in [2.24, 2.45) is 0 Å². The molecule has 0 atom stereocenters. The van der Waals surface area contributed by atoms with Crippen molar-refractivity contribution in [2.75, 3.05) is 26.0 Å². The van der Waals surface area contributed by atoms with Crippen LogP contribution in [0.25, 0.3) is 0 Å². The van der Waals surface area contributed by atoms with Crippen LogP contribution in [0.5, 0.6) is 0 Å². The van der Waals surface area contributed by atoms with Crippen LogP contribution in [0.1, 0.15) is 37.7 Å². The van der Waals surface area contributed by atoms with E-state index in [0.29, 0.717) is 0 Å². The number of carbonyl (C=O) groups is 3. The molecule has 0 unspecified atom stereocenters. The number of amides is 2. The van der Waals surface area contributed by atoms with E-state index in [2.05, 4.69) is 15.0 Å². The molecular formula is C20H23N3O4. The Morgan fingerprint density at radius 1 is 1.07 bits per heavy atom. The van der Waals surface area contributed by atoms with E-state index >= 15 is 0 Å². The molecule has 1 N–H and O–H groups in total. The number of benzene rings is 1. The van der Waals surface area contributed by atoms with Crippen LogP contribution in [-0.2, 0) is 9.53 Å². The molecular weight excluding hydrogens is 346 g/mol. The van der Waals surface area contributed by atoms with Crippen LogP contribution in [0.2, 0.25) is 0 Å². The summed E-state index contributed by atoms with van der Waals surface area (Å²) in [5.74, 6) is -1.41. The van der Waals surface area contributed by atoms with Crippen LogP contribution in [0.4, 0.5) is 5.69 Å². The maximum atomic E-state index is 12.5. The number of hydrogen-bond donors (Lipinski definition) is 1. The molecule has 2 aromatic rings. The molecule has 0 spiro atoms. The van der Waals surface area contributed by atoms with E-state index in [1.807, 2.05) is 32.9 Å². The van der Waals surface area contributed by atoms with E-state index in [1.165, 1.54) is 31.2 Å². The van der Waals surface area contributed by atoms with Gasteiger partial charge in [-0.15, -0.1) is 0 Å². The normalized spacial score (nSPS) is 10.3. The highest BCUT2D eigenvalue weighted by Crippen LogP contribution is 2.21. The van der Waals surface area contributed by atoms with Gasteiger partial charge >= 0.3 is 5.97 Å². The number of carbonyl (C=O) groups excluding carboxylic acids is 3. The van der Waals surface area contributed by atoms with E-state index in [9.17, 15) is 14.4 Å². The molecule has 7 nitrogen and oxygen atoms in total. The van der Waals surface area contributed by atoms with Gasteiger partial charge in [0.05, 0.1) is 13.7 Å². The van der Waals surface area contributed by atoms with Crippen LogP contribution < -0.4 is 5.32 Å². The number of anilines is 1. The van der Waals surface area contributed by atoms with Gasteiger partial charge in [0.1, 0.15) is 11.4 Å². The fourth-order valence-corrected chi connectivity index (χ4v) is 2.81. The summed E-state index contributed by atoms with van der Waals surface area (Å²) in [7, 11) is 2.74. The van der Waals surface area contributed by atoms with Gasteiger partial charge < -0.3 is 15.0 Å². The quantitative estimate of drug-likeness (QED) is 0.818. The SMILES string of the molecule is COC(=O)c1cccc(C(=O)N(C)CC(=O)Nc2c(C)cc(C)cc2C)n1. The Balaban J connectivity index is 2.08. The zero-order valence-electron chi connectivity index (χ0n) is 16.1. The summed E-state index contributed by atoms with van der Waals surface area (Å²) >= 11 is 0. The maximum absolute atomic E-state index is 12.5. The predicted octanol–water partition coefficient (Wildman–Crippen LogP) is 2.50. The lowest BCUT2D eigenvalue weighted by molar-refractivity contribution is -0.116. The second-order valence-electron chi connectivity index (χ2n) is 6.38. The minimum absolute atomic E-state index is 0.0344. The number of nitrogens with one attached hydrogen (secondary N) is 1. The molecule has 2 rings (SSSR count). The van der Waals surface area contributed by atoms with Gasteiger partial charge in [0.15, 0.2) is 0 Å². The standard InChI is InChI=1S/C20H23N3O4/c1-12-9-13(2)18(14(3)10-12)22-17(24)11-23(4)19(25)15-7-6-8-16(21-15)20(26)27-5/h6-10H,11H2,1-5H3,(H,22,24). The molecule has 27 heavy (non-hydrogen) atoms. The van der Waals surface area contributed by atoms with E-state index in [4.69, 9.17) is 0 Å². The van der Waals surface area contributed by atoms with Gasteiger partial charge in [-0.2, -0.15) is 0 Å². The number of ether oxygens (including phenoxy) is 1. The van der Waals surface area contributed by atoms with E-state index in [-0.39, 0.29) is 23.8 Å². The van der Waals surface area contributed by atoms with Crippen molar-refractivity contribution < 1.29 is 19.1 Å². The first-order valence-corrected chi connectivity index (χ1v) is 8.41. The number of rotatable bonds is 5. The molecule has 0 radical (unpaired) electrons. The molecule has 7 heteroatoms. The minimum atomic E-state index is -0.629. The molecule has 0 saturated heterocycles. The fourth-order valence-electron chi connectivity index (χ4n) is 2.81. The largest absolute Gasteiger partial charge is 0.464 e. The Hall–Kier alpha value is -3.22. The highest BCUT2D eigenvalue weighted by Gasteiger charge is 2.19. The molecule has 2 amide bonds. The third-order valence-electron chi connectivity index (χ3n) is 4.03. The van der Waals surface area contributed by atoms with Gasteiger partial charge in [-0.05, 0) is 44.0 Å². The molecule has 1 aromatic heterocycles. The zero-order chi connectivity index (χ0) is 20.1. The lowest BCUT2D eigenvalue weighted by Crippen LogP contribution is -2.35. The van der Waals surface area contributed by atoms with Crippen LogP contribution in [0.15, 0.2) is 30.3 Å². The van der Waals surface area contributed by atoms with Crippen LogP contribution in [-0.4, -0.2) is 48.4 Å². The minimum Gasteiger partial charge on any atom is -0.464 e. The summed E-state index contributed by atoms with van der Waals surface area (Å²) in [5.41, 5.74) is 3.89. The van der Waals surface area contributed by atoms with Crippen LogP contribution in [0, 0.1) is 20.8 Å². The Kier molecular flexibility index (Phi) is 6.28. The van der Waals surface area contributed by atoms with Crippen LogP contribution >= 0.6 is 0 Å². The number of methoxy groups -OCH3 is 1. The van der Waals surface area contributed by atoms with E-state index in [0.717, 1.165) is 22.4 Å². The summed E-state index contributed by atoms with van der Waals surface area (Å²) in [5, 5.41) is 2.85. The van der Waals surface area contributed by atoms with Crippen molar-refractivity contribution in [2.45, 2.75) is 20.8 Å². The number of hydrogen-bond acceptors (Lipinski definition) is 5. The Morgan fingerprint density at radius 3 is 2.26 bits per heavy atom. The van der Waals surface area contributed by atoms with Gasteiger partial charge in [0.25, 0.3) is 5.91 Å². The summed E-state index contributed by atoms with van der Waals surface area (Å²) in [6.45, 7) is 5.70. The second-order valence-corrected chi connectivity index (χ2v) is 6.38. The average Bonchev–Trinajstić information content (AvgIpc) is 2.63. The third-order valence-corrected chi connectivity index (χ3v) is 4.03. The lowest BCUT2D eigenvalue weighted by Gasteiger charge is -2.18. The van der Waals surface area contributed by atoms with Gasteiger partial charge in [-0.1, -0.05) is 23.8 Å². The van der Waals surface area contributed by atoms with Crippen molar-refractivity contribution in [3.8, 4) is 0 Å². The summed E-state index contributed by atoms with van der Waals surface area (Å²) in [6.07, 6.45) is 0. The average molecular weight is 369 g/mol. The van der Waals surface area contributed by atoms with Crippen molar-refractivity contribution >= 4 is 23.5 Å². The monoisotopic (exact) mass is 369 g/mol. The number of nitrogens with zero attached hydrogens (tertiary/aromatic N) is 2. The van der Waals surface area contributed by atoms with Crippen molar-refractivity contribution in [3.05, 3.63) is 58.4 Å². The topological polar surface area (TPSA) is 88.6 Å². The number of pyridine rings is 1. The summed E-state index contributed by atoms with van der Waals surface area (Å²) in [6, 6.07) is 8.45. The maximum Gasteiger partial charge on any atom is 0.356 e. The number of aromatic nitrogens is 1. The number of esters is 1. The zero-order valence-corrected chi connectivity index (χ0v) is 16.1. The first kappa shape index (κ1) is 20.1. The van der Waals surface area contributed by atoms with Gasteiger partial charge in [-0.25, -0.2) is 9.78 Å². The second kappa shape index (κ2) is 8.44. The number of aryl methyl sites for hydroxylation is 3. The van der Waals surface area contributed by atoms with Gasteiger partial charge in [0, 0.05) is 12.7 Å². The summed E-state index contributed by atoms with van der Waals surface area (Å²) in [4.78, 5) is 41.7. The summed E-state index contributed by atoms with van der Waals surface area (Å²) < 4.78 is 4.60. The molecule has 0 aliphatic carbocycles. The Labute approximate surface area is 158 Å². The molecule has 1 heterocycles. The Bertz CT molecular complexity index is 870. The smallest absolute Gasteiger partial charge is 0.356 e. The fraction of sp³-hybridized carbons (Fsp3) is 0.300. The predicted molar refractivity (Wildman–Crippen MR) is 102 cm³/mol. The van der Waals surface area contributed by atoms with Crippen LogP contribution in [0.3, 0.4) is 0 Å². The molecule has 1 aromatic carbocycles. The van der Waals surface area contributed by atoms with E-state index in [1.54, 1.807) is 6.07 Å². The van der Waals surface area contributed by atoms with Crippen molar-refractivity contribution in [1.82, 2.24) is 9.88 Å². The first-order valence-electron chi connectivity index (χ1n) is 8.41. The molecule has 0 aliphatic rings. The van der Waals surface area contributed by atoms with Gasteiger partial charge in [-0.3, -0.25) is 9.59 Å².